The predicted octanol–water partition coefficient (Wildman–Crippen LogP) is 5.37. The largest absolute Gasteiger partial charge is 0.455 e. The first-order chi connectivity index (χ1) is 22.7. The fourth-order valence-corrected chi connectivity index (χ4v) is 4.26. The van der Waals surface area contributed by atoms with Crippen LogP contribution in [0, 0.1) is 11.2 Å². The van der Waals surface area contributed by atoms with Crippen LogP contribution >= 0.6 is 0 Å². The molecule has 0 bridgehead atoms. The topological polar surface area (TPSA) is 133 Å². The van der Waals surface area contributed by atoms with Crippen molar-refractivity contribution in [1.29, 1.82) is 5.41 Å². The Hall–Kier alpha value is -5.99. The summed E-state index contributed by atoms with van der Waals surface area (Å²) in [5, 5.41) is 12.5. The van der Waals surface area contributed by atoms with E-state index in [1.165, 1.54) is 24.1 Å². The molecule has 0 aliphatic carbocycles. The Balaban J connectivity index is 1.69. The van der Waals surface area contributed by atoms with Gasteiger partial charge in [-0.2, -0.15) is 13.2 Å². The van der Waals surface area contributed by atoms with E-state index in [-0.39, 0.29) is 29.6 Å². The molecule has 3 amide bonds. The number of carbonyl (C=O) groups is 3. The summed E-state index contributed by atoms with van der Waals surface area (Å²) in [7, 11) is 3.31. The fourth-order valence-electron chi connectivity index (χ4n) is 4.26. The van der Waals surface area contributed by atoms with Crippen molar-refractivity contribution in [2.45, 2.75) is 26.1 Å². The Labute approximate surface area is 273 Å². The number of amides is 3. The van der Waals surface area contributed by atoms with Crippen LogP contribution in [0.25, 0.3) is 5.57 Å². The van der Waals surface area contributed by atoms with Crippen molar-refractivity contribution in [3.05, 3.63) is 114 Å². The molecule has 1 aliphatic heterocycles. The summed E-state index contributed by atoms with van der Waals surface area (Å²) in [6.45, 7) is 3.48. The van der Waals surface area contributed by atoms with Crippen molar-refractivity contribution in [2.75, 3.05) is 17.3 Å². The number of aromatic nitrogens is 2. The first-order valence-electron chi connectivity index (χ1n) is 14.3. The number of benzene rings is 2. The van der Waals surface area contributed by atoms with Crippen LogP contribution in [0.5, 0.6) is 5.75 Å². The molecule has 3 aromatic rings. The molecule has 11 nitrogen and oxygen atoms in total. The first kappa shape index (κ1) is 34.9. The number of allylic oxidation sites excluding steroid dienone is 3. The van der Waals surface area contributed by atoms with Gasteiger partial charge < -0.3 is 30.2 Å². The number of nitrogens with one attached hydrogen (secondary N) is 3. The number of ether oxygens (including phenoxy) is 1. The molecule has 3 N–H and O–H groups in total. The standard InChI is InChI=1S/C33H31F4N7O4/c1-20(2)43(4)16-25(32(47)44(19-45)23-7-5-22(34)6-8-23)31(46)41-27-10-9-24(14-26(27)33(35,36)37)48-30-13-21(15-39-28(30)11-12-38)29-17-42(3)18-40-29/h5-20,38-39H,1-4H3,(H,41,46)/b25-16-,28-11-,38-12?. The highest BCUT2D eigenvalue weighted by Crippen LogP contribution is 2.38. The van der Waals surface area contributed by atoms with Gasteiger partial charge in [0.2, 0.25) is 6.41 Å². The summed E-state index contributed by atoms with van der Waals surface area (Å²) in [6, 6.07) is 6.86. The van der Waals surface area contributed by atoms with Crippen LogP contribution in [-0.2, 0) is 27.6 Å². The van der Waals surface area contributed by atoms with Crippen molar-refractivity contribution in [1.82, 2.24) is 19.8 Å². The zero-order valence-corrected chi connectivity index (χ0v) is 26.2. The quantitative estimate of drug-likeness (QED) is 0.0627. The van der Waals surface area contributed by atoms with Crippen LogP contribution in [0.15, 0.2) is 96.6 Å². The summed E-state index contributed by atoms with van der Waals surface area (Å²) in [5.74, 6) is -3.19. The number of imidazole rings is 1. The highest BCUT2D eigenvalue weighted by molar-refractivity contribution is 6.30. The minimum absolute atomic E-state index is 0.0660. The van der Waals surface area contributed by atoms with Gasteiger partial charge in [0.15, 0.2) is 5.76 Å². The minimum Gasteiger partial charge on any atom is -0.455 e. The number of rotatable bonds is 11. The third kappa shape index (κ3) is 8.23. The van der Waals surface area contributed by atoms with Crippen molar-refractivity contribution in [3.8, 4) is 5.75 Å². The summed E-state index contributed by atoms with van der Waals surface area (Å²) in [4.78, 5) is 45.2. The number of halogens is 4. The van der Waals surface area contributed by atoms with Gasteiger partial charge in [-0.15, -0.1) is 0 Å². The molecule has 0 atom stereocenters. The van der Waals surface area contributed by atoms with Gasteiger partial charge in [-0.25, -0.2) is 14.3 Å². The Kier molecular flexibility index (Phi) is 10.6. The summed E-state index contributed by atoms with van der Waals surface area (Å²) < 4.78 is 64.2. The number of nitrogens with zero attached hydrogens (tertiary/aromatic N) is 4. The Morgan fingerprint density at radius 2 is 1.85 bits per heavy atom. The number of hydrogen-bond donors (Lipinski definition) is 3. The van der Waals surface area contributed by atoms with E-state index in [4.69, 9.17) is 10.1 Å². The molecule has 0 unspecified atom stereocenters. The molecule has 0 saturated heterocycles. The molecule has 1 aliphatic rings. The van der Waals surface area contributed by atoms with E-state index in [1.54, 1.807) is 50.3 Å². The van der Waals surface area contributed by atoms with Gasteiger partial charge in [-0.05, 0) is 68.5 Å². The molecule has 48 heavy (non-hydrogen) atoms. The van der Waals surface area contributed by atoms with Crippen LogP contribution in [0.3, 0.4) is 0 Å². The van der Waals surface area contributed by atoms with Crippen molar-refractivity contribution in [3.63, 3.8) is 0 Å². The van der Waals surface area contributed by atoms with Gasteiger partial charge in [0, 0.05) is 50.5 Å². The van der Waals surface area contributed by atoms with Gasteiger partial charge in [-0.1, -0.05) is 0 Å². The van der Waals surface area contributed by atoms with E-state index < -0.39 is 40.6 Å². The van der Waals surface area contributed by atoms with E-state index in [2.05, 4.69) is 15.6 Å². The SMILES string of the molecule is CC(C)N(C)/C=C(/C(=O)Nc1ccc(OC2=CC(c3cn(C)cn3)=CN/C2=C\C=N)cc1C(F)(F)F)C(=O)N(C=O)c1ccc(F)cc1. The summed E-state index contributed by atoms with van der Waals surface area (Å²) >= 11 is 0. The number of anilines is 2. The van der Waals surface area contributed by atoms with E-state index in [1.807, 2.05) is 0 Å². The smallest absolute Gasteiger partial charge is 0.418 e. The van der Waals surface area contributed by atoms with Crippen LogP contribution in [0.1, 0.15) is 25.1 Å². The molecule has 1 aromatic heterocycles. The number of imide groups is 1. The van der Waals surface area contributed by atoms with Crippen LogP contribution in [-0.4, -0.2) is 52.0 Å². The monoisotopic (exact) mass is 665 g/mol. The Morgan fingerprint density at radius 1 is 1.15 bits per heavy atom. The Morgan fingerprint density at radius 3 is 2.44 bits per heavy atom. The van der Waals surface area contributed by atoms with Gasteiger partial charge in [0.25, 0.3) is 11.8 Å². The highest BCUT2D eigenvalue weighted by Gasteiger charge is 2.36. The lowest BCUT2D eigenvalue weighted by molar-refractivity contribution is -0.137. The molecule has 0 saturated carbocycles. The van der Waals surface area contributed by atoms with Gasteiger partial charge in [-0.3, -0.25) is 14.4 Å². The molecule has 0 radical (unpaired) electrons. The van der Waals surface area contributed by atoms with Crippen molar-refractivity contribution in [2.24, 2.45) is 7.05 Å². The third-order valence-corrected chi connectivity index (χ3v) is 7.01. The first-order valence-corrected chi connectivity index (χ1v) is 14.3. The second-order valence-electron chi connectivity index (χ2n) is 10.7. The minimum atomic E-state index is -4.99. The lowest BCUT2D eigenvalue weighted by atomic mass is 10.1. The molecule has 2 heterocycles. The van der Waals surface area contributed by atoms with Gasteiger partial charge in [0.1, 0.15) is 17.1 Å². The van der Waals surface area contributed by atoms with E-state index in [0.29, 0.717) is 27.9 Å². The van der Waals surface area contributed by atoms with E-state index >= 15 is 0 Å². The molecular weight excluding hydrogens is 634 g/mol. The molecule has 250 valence electrons. The molecule has 2 aromatic carbocycles. The second kappa shape index (κ2) is 14.6. The molecule has 15 heteroatoms. The van der Waals surface area contributed by atoms with Crippen molar-refractivity contribution >= 4 is 41.4 Å². The fraction of sp³-hybridized carbons (Fsp3) is 0.182. The maximum Gasteiger partial charge on any atom is 0.418 e. The van der Waals surface area contributed by atoms with Crippen LogP contribution < -0.4 is 20.3 Å². The zero-order chi connectivity index (χ0) is 35.2. The van der Waals surface area contributed by atoms with Crippen LogP contribution in [0.4, 0.5) is 28.9 Å². The number of hydrogen-bond acceptors (Lipinski definition) is 8. The van der Waals surface area contributed by atoms with Gasteiger partial charge in [0.05, 0.1) is 34.7 Å². The lowest BCUT2D eigenvalue weighted by Crippen LogP contribution is -2.37. The highest BCUT2D eigenvalue weighted by atomic mass is 19.4. The molecule has 4 rings (SSSR count). The number of alkyl halides is 3. The molecule has 0 fully saturated rings. The average Bonchev–Trinajstić information content (AvgIpc) is 3.48. The zero-order valence-electron chi connectivity index (χ0n) is 26.2. The van der Waals surface area contributed by atoms with E-state index in [0.717, 1.165) is 42.7 Å². The van der Waals surface area contributed by atoms with Crippen LogP contribution in [0.2, 0.25) is 0 Å². The predicted molar refractivity (Wildman–Crippen MR) is 171 cm³/mol. The summed E-state index contributed by atoms with van der Waals surface area (Å²) in [5.41, 5.74) is -1.29. The third-order valence-electron chi connectivity index (χ3n) is 7.01. The lowest BCUT2D eigenvalue weighted by Gasteiger charge is -2.23. The second-order valence-corrected chi connectivity index (χ2v) is 10.7. The van der Waals surface area contributed by atoms with Crippen molar-refractivity contribution < 1.29 is 36.7 Å². The number of aryl methyl sites for hydroxylation is 1. The normalized spacial score (nSPS) is 14.1. The number of dihydropyridines is 1. The molecular formula is C33H31F4N7O4. The number of carbonyl (C=O) groups excluding carboxylic acids is 3. The maximum absolute atomic E-state index is 14.4. The average molecular weight is 666 g/mol. The van der Waals surface area contributed by atoms with E-state index in [9.17, 15) is 31.9 Å². The molecule has 0 spiro atoms. The maximum atomic E-state index is 14.4. The summed E-state index contributed by atoms with van der Waals surface area (Å²) in [6.07, 6.45) is 5.02. The Bertz CT molecular complexity index is 1840. The van der Waals surface area contributed by atoms with Gasteiger partial charge >= 0.3 is 6.18 Å².